The van der Waals surface area contributed by atoms with Crippen molar-refractivity contribution in [2.24, 2.45) is 0 Å². The molecule has 0 radical (unpaired) electrons. The summed E-state index contributed by atoms with van der Waals surface area (Å²) in [5, 5.41) is 4.34. The Balaban J connectivity index is 2.32. The van der Waals surface area contributed by atoms with Gasteiger partial charge in [-0.05, 0) is 0 Å². The topological polar surface area (TPSA) is 51.2 Å². The molecule has 4 nitrogen and oxygen atoms in total. The molecule has 96 valence electrons. The van der Waals surface area contributed by atoms with Crippen molar-refractivity contribution < 1.29 is 9.53 Å². The average molecular weight is 311 g/mol. The van der Waals surface area contributed by atoms with E-state index in [2.05, 4.69) is 22.2 Å². The summed E-state index contributed by atoms with van der Waals surface area (Å²) in [5.74, 6) is 0.364. The van der Waals surface area contributed by atoms with Crippen molar-refractivity contribution >= 4 is 30.2 Å². The predicted molar refractivity (Wildman–Crippen MR) is 72.2 cm³/mol. The number of pyridine rings is 1. The summed E-state index contributed by atoms with van der Waals surface area (Å²) >= 11 is 0.257. The van der Waals surface area contributed by atoms with Crippen LogP contribution in [-0.4, -0.2) is 38.5 Å². The number of hydrogen-bond donors (Lipinski definition) is 1. The fourth-order valence-electron chi connectivity index (χ4n) is 1.82. The summed E-state index contributed by atoms with van der Waals surface area (Å²) in [5.41, 5.74) is 1.25. The van der Waals surface area contributed by atoms with E-state index < -0.39 is 0 Å². The first-order valence-electron chi connectivity index (χ1n) is 5.96. The molecule has 0 aliphatic heterocycles. The van der Waals surface area contributed by atoms with Crippen LogP contribution in [0.4, 0.5) is 0 Å². The Bertz CT molecular complexity index is 551. The van der Waals surface area contributed by atoms with E-state index in [1.165, 1.54) is 12.5 Å². The summed E-state index contributed by atoms with van der Waals surface area (Å²) in [6, 6.07) is 1.77. The SMILES string of the molecule is CCNCCc1c[se]c2nccc(OC(C)=O)c12. The van der Waals surface area contributed by atoms with Crippen molar-refractivity contribution in [3.8, 4) is 5.75 Å². The van der Waals surface area contributed by atoms with E-state index in [0.29, 0.717) is 5.75 Å². The van der Waals surface area contributed by atoms with Crippen LogP contribution < -0.4 is 10.1 Å². The summed E-state index contributed by atoms with van der Waals surface area (Å²) < 4.78 is 6.33. The Morgan fingerprint density at radius 2 is 2.39 bits per heavy atom. The number of ether oxygens (including phenoxy) is 1. The van der Waals surface area contributed by atoms with E-state index in [-0.39, 0.29) is 20.5 Å². The van der Waals surface area contributed by atoms with E-state index in [9.17, 15) is 4.79 Å². The Labute approximate surface area is 112 Å². The maximum absolute atomic E-state index is 11.1. The molecule has 5 heteroatoms. The molecule has 0 bridgehead atoms. The van der Waals surface area contributed by atoms with Crippen LogP contribution in [0.15, 0.2) is 17.2 Å². The van der Waals surface area contributed by atoms with E-state index in [0.717, 1.165) is 29.3 Å². The van der Waals surface area contributed by atoms with Crippen molar-refractivity contribution in [1.82, 2.24) is 10.3 Å². The van der Waals surface area contributed by atoms with Gasteiger partial charge in [0.15, 0.2) is 0 Å². The Kier molecular flexibility index (Phi) is 4.53. The van der Waals surface area contributed by atoms with E-state index in [4.69, 9.17) is 4.74 Å². The van der Waals surface area contributed by atoms with Crippen LogP contribution in [0, 0.1) is 0 Å². The van der Waals surface area contributed by atoms with Crippen molar-refractivity contribution in [3.05, 3.63) is 22.8 Å². The van der Waals surface area contributed by atoms with Gasteiger partial charge in [-0.1, -0.05) is 0 Å². The monoisotopic (exact) mass is 312 g/mol. The predicted octanol–water partition coefficient (Wildman–Crippen LogP) is 1.37. The van der Waals surface area contributed by atoms with E-state index >= 15 is 0 Å². The first kappa shape index (κ1) is 13.3. The Hall–Kier alpha value is -1.16. The molecule has 2 aromatic rings. The molecule has 0 atom stereocenters. The fourth-order valence-corrected chi connectivity index (χ4v) is 3.84. The van der Waals surface area contributed by atoms with Gasteiger partial charge >= 0.3 is 112 Å². The summed E-state index contributed by atoms with van der Waals surface area (Å²) in [4.78, 5) is 17.7. The number of aromatic nitrogens is 1. The number of hydrogen-bond acceptors (Lipinski definition) is 4. The van der Waals surface area contributed by atoms with Crippen LogP contribution in [0.1, 0.15) is 19.4 Å². The number of fused-ring (bicyclic) bond motifs is 1. The molecule has 0 saturated heterocycles. The molecule has 18 heavy (non-hydrogen) atoms. The molecule has 2 rings (SSSR count). The first-order valence-corrected chi connectivity index (χ1v) is 7.81. The number of nitrogens with zero attached hydrogens (tertiary/aromatic N) is 1. The van der Waals surface area contributed by atoms with Gasteiger partial charge in [-0.2, -0.15) is 0 Å². The quantitative estimate of drug-likeness (QED) is 0.515. The first-order chi connectivity index (χ1) is 8.72. The molecule has 0 aliphatic carbocycles. The fraction of sp³-hybridized carbons (Fsp3) is 0.385. The number of carbonyl (C=O) groups excluding carboxylic acids is 1. The van der Waals surface area contributed by atoms with Gasteiger partial charge in [0.25, 0.3) is 0 Å². The van der Waals surface area contributed by atoms with Gasteiger partial charge in [0.1, 0.15) is 0 Å². The zero-order valence-electron chi connectivity index (χ0n) is 10.5. The van der Waals surface area contributed by atoms with Crippen molar-refractivity contribution in [3.63, 3.8) is 0 Å². The van der Waals surface area contributed by atoms with Gasteiger partial charge in [0, 0.05) is 0 Å². The number of nitrogens with one attached hydrogen (secondary N) is 1. The minimum atomic E-state index is -0.283. The van der Waals surface area contributed by atoms with Crippen molar-refractivity contribution in [2.45, 2.75) is 20.3 Å². The number of rotatable bonds is 5. The molecular weight excluding hydrogens is 295 g/mol. The third-order valence-electron chi connectivity index (χ3n) is 2.59. The zero-order chi connectivity index (χ0) is 13.0. The average Bonchev–Trinajstić information content (AvgIpc) is 2.73. The maximum atomic E-state index is 11.1. The number of carbonyl (C=O) groups is 1. The molecule has 2 aromatic heterocycles. The molecular formula is C13H16N2O2Se. The second-order valence-electron chi connectivity index (χ2n) is 3.95. The molecule has 0 unspecified atom stereocenters. The van der Waals surface area contributed by atoms with Crippen LogP contribution in [0.25, 0.3) is 9.78 Å². The standard InChI is InChI=1S/C13H16N2O2Se/c1-3-14-6-4-10-8-18-13-12(10)11(5-7-15-13)17-9(2)16/h5,7-8,14H,3-4,6H2,1-2H3. The van der Waals surface area contributed by atoms with E-state index in [1.54, 1.807) is 12.3 Å². The molecule has 0 aliphatic rings. The van der Waals surface area contributed by atoms with Crippen LogP contribution in [0.3, 0.4) is 0 Å². The molecule has 0 fully saturated rings. The van der Waals surface area contributed by atoms with Crippen LogP contribution in [0.2, 0.25) is 0 Å². The van der Waals surface area contributed by atoms with Crippen molar-refractivity contribution in [2.75, 3.05) is 13.1 Å². The summed E-state index contributed by atoms with van der Waals surface area (Å²) in [6.45, 7) is 5.42. The van der Waals surface area contributed by atoms with E-state index in [1.807, 2.05) is 0 Å². The molecule has 1 N–H and O–H groups in total. The van der Waals surface area contributed by atoms with Gasteiger partial charge in [0.2, 0.25) is 0 Å². The molecule has 0 spiro atoms. The summed E-state index contributed by atoms with van der Waals surface area (Å²) in [7, 11) is 0. The Morgan fingerprint density at radius 3 is 3.11 bits per heavy atom. The third-order valence-corrected chi connectivity index (χ3v) is 4.55. The van der Waals surface area contributed by atoms with Gasteiger partial charge in [-0.3, -0.25) is 0 Å². The molecule has 0 saturated carbocycles. The Morgan fingerprint density at radius 1 is 1.56 bits per heavy atom. The van der Waals surface area contributed by atoms with Gasteiger partial charge in [0.05, 0.1) is 0 Å². The zero-order valence-corrected chi connectivity index (χ0v) is 12.2. The number of esters is 1. The normalized spacial score (nSPS) is 10.8. The van der Waals surface area contributed by atoms with Gasteiger partial charge in [-0.25, -0.2) is 0 Å². The summed E-state index contributed by atoms with van der Waals surface area (Å²) in [6.07, 6.45) is 2.66. The van der Waals surface area contributed by atoms with Gasteiger partial charge < -0.3 is 0 Å². The molecule has 2 heterocycles. The van der Waals surface area contributed by atoms with Crippen molar-refractivity contribution in [1.29, 1.82) is 0 Å². The molecule has 0 aromatic carbocycles. The van der Waals surface area contributed by atoms with Gasteiger partial charge in [-0.15, -0.1) is 0 Å². The third kappa shape index (κ3) is 2.99. The van der Waals surface area contributed by atoms with Crippen LogP contribution in [0.5, 0.6) is 5.75 Å². The minimum absolute atomic E-state index is 0.257. The second kappa shape index (κ2) is 6.14. The second-order valence-corrected chi connectivity index (χ2v) is 5.75. The van der Waals surface area contributed by atoms with Crippen LogP contribution in [-0.2, 0) is 11.2 Å². The molecule has 0 amide bonds. The van der Waals surface area contributed by atoms with Crippen LogP contribution >= 0.6 is 0 Å². The number of likely N-dealkylation sites (N-methyl/N-ethyl adjacent to an activating group) is 1.